The molecule has 0 aliphatic carbocycles. The molecular weight excluding hydrogens is 452 g/mol. The highest BCUT2D eigenvalue weighted by molar-refractivity contribution is 7.89. The van der Waals surface area contributed by atoms with E-state index in [1.165, 1.54) is 16.9 Å². The van der Waals surface area contributed by atoms with Crippen molar-refractivity contribution in [2.75, 3.05) is 6.73 Å². The molecule has 33 heavy (non-hydrogen) atoms. The van der Waals surface area contributed by atoms with Gasteiger partial charge in [-0.05, 0) is 60.4 Å². The summed E-state index contributed by atoms with van der Waals surface area (Å²) in [6, 6.07) is 11.3. The van der Waals surface area contributed by atoms with E-state index >= 15 is 0 Å². The molecule has 182 valence electrons. The van der Waals surface area contributed by atoms with Crippen molar-refractivity contribution in [2.24, 2.45) is 0 Å². The third-order valence-corrected chi connectivity index (χ3v) is 8.82. The maximum absolute atomic E-state index is 12.8. The fourth-order valence-corrected chi connectivity index (χ4v) is 5.30. The van der Waals surface area contributed by atoms with E-state index in [0.29, 0.717) is 5.75 Å². The lowest BCUT2D eigenvalue weighted by Crippen LogP contribution is -2.29. The van der Waals surface area contributed by atoms with E-state index in [2.05, 4.69) is 63.4 Å². The molecule has 0 atom stereocenters. The first-order valence-corrected chi connectivity index (χ1v) is 13.3. The summed E-state index contributed by atoms with van der Waals surface area (Å²) in [5, 5.41) is 0.909. The van der Waals surface area contributed by atoms with Crippen LogP contribution < -0.4 is 9.46 Å². The number of hydrogen-bond acceptors (Lipinski definition) is 5. The number of aromatic nitrogens is 1. The minimum Gasteiger partial charge on any atom is -0.477 e. The van der Waals surface area contributed by atoms with Crippen LogP contribution in [0, 0.1) is 6.92 Å². The molecule has 0 fully saturated rings. The maximum atomic E-state index is 12.8. The molecule has 0 unspecified atom stereocenters. The van der Waals surface area contributed by atoms with Gasteiger partial charge in [-0.1, -0.05) is 61.1 Å². The number of fused-ring (bicyclic) bond motifs is 1. The van der Waals surface area contributed by atoms with E-state index in [1.54, 1.807) is 18.2 Å². The molecule has 0 saturated heterocycles. The smallest absolute Gasteiger partial charge is 0.243 e. The van der Waals surface area contributed by atoms with E-state index < -0.39 is 10.0 Å². The van der Waals surface area contributed by atoms with Crippen LogP contribution in [0.4, 0.5) is 0 Å². The number of nitrogens with zero attached hydrogens (tertiary/aromatic N) is 1. The molecule has 7 heteroatoms. The van der Waals surface area contributed by atoms with E-state index in [0.717, 1.165) is 33.6 Å². The van der Waals surface area contributed by atoms with Crippen LogP contribution in [0.3, 0.4) is 0 Å². The first kappa shape index (κ1) is 27.3. The van der Waals surface area contributed by atoms with Gasteiger partial charge in [-0.15, -0.1) is 11.3 Å². The molecule has 2 aromatic carbocycles. The number of benzene rings is 2. The molecule has 1 heterocycles. The summed E-state index contributed by atoms with van der Waals surface area (Å²) in [6.07, 6.45) is 1.97. The standard InChI is InChI=1S/C25H34N2O3S2.CH4/c1-8-24(4,5)18-10-13-22(20(14-18)25(6,7)9-2)30-16-26-32(28,29)19-11-12-21-23(15-19)31-17(3)27-21;/h10-15,26H,8-9,16H2,1-7H3;1H4. The zero-order valence-corrected chi connectivity index (χ0v) is 21.7. The minimum absolute atomic E-state index is 0. The molecule has 0 aliphatic rings. The quantitative estimate of drug-likeness (QED) is 0.330. The predicted molar refractivity (Wildman–Crippen MR) is 140 cm³/mol. The van der Waals surface area contributed by atoms with E-state index in [9.17, 15) is 8.42 Å². The average molecular weight is 491 g/mol. The van der Waals surface area contributed by atoms with Crippen molar-refractivity contribution >= 4 is 31.6 Å². The van der Waals surface area contributed by atoms with Crippen LogP contribution in [-0.2, 0) is 20.9 Å². The molecule has 0 saturated carbocycles. The number of sulfonamides is 1. The summed E-state index contributed by atoms with van der Waals surface area (Å²) in [4.78, 5) is 4.60. The third-order valence-electron chi connectivity index (χ3n) is 6.51. The zero-order chi connectivity index (χ0) is 23.7. The van der Waals surface area contributed by atoms with Crippen molar-refractivity contribution in [3.63, 3.8) is 0 Å². The Morgan fingerprint density at radius 1 is 1.00 bits per heavy atom. The van der Waals surface area contributed by atoms with Gasteiger partial charge in [-0.3, -0.25) is 0 Å². The van der Waals surface area contributed by atoms with Gasteiger partial charge in [0.1, 0.15) is 5.75 Å². The van der Waals surface area contributed by atoms with Crippen LogP contribution in [0.25, 0.3) is 10.2 Å². The molecule has 0 aliphatic heterocycles. The summed E-state index contributed by atoms with van der Waals surface area (Å²) in [6.45, 7) is 15.0. The summed E-state index contributed by atoms with van der Waals surface area (Å²) >= 11 is 1.48. The fourth-order valence-electron chi connectivity index (χ4n) is 3.46. The van der Waals surface area contributed by atoms with Gasteiger partial charge in [-0.2, -0.15) is 4.72 Å². The van der Waals surface area contributed by atoms with Gasteiger partial charge in [0.2, 0.25) is 10.0 Å². The molecule has 1 aromatic heterocycles. The molecule has 3 aromatic rings. The summed E-state index contributed by atoms with van der Waals surface area (Å²) in [7, 11) is -3.70. The highest BCUT2D eigenvalue weighted by Gasteiger charge is 2.27. The van der Waals surface area contributed by atoms with Crippen LogP contribution in [0.1, 0.15) is 77.9 Å². The number of ether oxygens (including phenoxy) is 1. The molecular formula is C26H38N2O3S2. The third kappa shape index (κ3) is 5.94. The van der Waals surface area contributed by atoms with Crippen LogP contribution in [0.5, 0.6) is 5.75 Å². The van der Waals surface area contributed by atoms with Crippen LogP contribution in [0.15, 0.2) is 41.3 Å². The summed E-state index contributed by atoms with van der Waals surface area (Å²) in [5.41, 5.74) is 3.14. The molecule has 3 rings (SSSR count). The van der Waals surface area contributed by atoms with Crippen molar-refractivity contribution in [1.82, 2.24) is 9.71 Å². The van der Waals surface area contributed by atoms with Crippen LogP contribution >= 0.6 is 11.3 Å². The number of aryl methyl sites for hydroxylation is 1. The number of hydrogen-bond donors (Lipinski definition) is 1. The molecule has 0 amide bonds. The summed E-state index contributed by atoms with van der Waals surface area (Å²) < 4.78 is 35.1. The highest BCUT2D eigenvalue weighted by atomic mass is 32.2. The Labute approximate surface area is 203 Å². The molecule has 0 radical (unpaired) electrons. The maximum Gasteiger partial charge on any atom is 0.243 e. The number of thiazole rings is 1. The van der Waals surface area contributed by atoms with E-state index in [1.807, 2.05) is 13.0 Å². The first-order valence-electron chi connectivity index (χ1n) is 11.0. The average Bonchev–Trinajstić information content (AvgIpc) is 3.12. The normalized spacial score (nSPS) is 12.6. The van der Waals surface area contributed by atoms with Crippen molar-refractivity contribution in [2.45, 2.75) is 84.5 Å². The molecule has 0 spiro atoms. The number of nitrogens with one attached hydrogen (secondary N) is 1. The molecule has 1 N–H and O–H groups in total. The van der Waals surface area contributed by atoms with Gasteiger partial charge in [0.25, 0.3) is 0 Å². The van der Waals surface area contributed by atoms with Gasteiger partial charge in [0.15, 0.2) is 6.73 Å². The fraction of sp³-hybridized carbons (Fsp3) is 0.500. The second-order valence-corrected chi connectivity index (χ2v) is 12.5. The zero-order valence-electron chi connectivity index (χ0n) is 20.1. The number of rotatable bonds is 9. The monoisotopic (exact) mass is 490 g/mol. The summed E-state index contributed by atoms with van der Waals surface area (Å²) in [5.74, 6) is 0.712. The minimum atomic E-state index is -3.70. The topological polar surface area (TPSA) is 68.3 Å². The van der Waals surface area contributed by atoms with E-state index in [-0.39, 0.29) is 29.9 Å². The Bertz CT molecular complexity index is 1210. The van der Waals surface area contributed by atoms with E-state index in [4.69, 9.17) is 4.74 Å². The lowest BCUT2D eigenvalue weighted by atomic mass is 9.76. The molecule has 5 nitrogen and oxygen atoms in total. The first-order chi connectivity index (χ1) is 14.9. The van der Waals surface area contributed by atoms with Gasteiger partial charge in [0.05, 0.1) is 20.1 Å². The Hall–Kier alpha value is -1.96. The Kier molecular flexibility index (Phi) is 8.37. The Balaban J connectivity index is 0.00000385. The van der Waals surface area contributed by atoms with Gasteiger partial charge >= 0.3 is 0 Å². The highest BCUT2D eigenvalue weighted by Crippen LogP contribution is 2.38. The van der Waals surface area contributed by atoms with Gasteiger partial charge in [0, 0.05) is 5.56 Å². The van der Waals surface area contributed by atoms with Crippen molar-refractivity contribution in [1.29, 1.82) is 0 Å². The second kappa shape index (κ2) is 10.1. The van der Waals surface area contributed by atoms with Crippen molar-refractivity contribution in [3.05, 3.63) is 52.5 Å². The Morgan fingerprint density at radius 2 is 1.67 bits per heavy atom. The molecule has 0 bridgehead atoms. The Morgan fingerprint density at radius 3 is 2.30 bits per heavy atom. The SMILES string of the molecule is C.CCC(C)(C)c1ccc(OCNS(=O)(=O)c2ccc3nc(C)sc3c2)c(C(C)(C)CC)c1. The van der Waals surface area contributed by atoms with Crippen LogP contribution in [0.2, 0.25) is 0 Å². The largest absolute Gasteiger partial charge is 0.477 e. The van der Waals surface area contributed by atoms with Gasteiger partial charge < -0.3 is 4.74 Å². The lowest BCUT2D eigenvalue weighted by molar-refractivity contribution is 0.299. The van der Waals surface area contributed by atoms with Crippen molar-refractivity contribution in [3.8, 4) is 5.75 Å². The van der Waals surface area contributed by atoms with Crippen LogP contribution in [-0.4, -0.2) is 20.1 Å². The second-order valence-electron chi connectivity index (χ2n) is 9.48. The lowest BCUT2D eigenvalue weighted by Gasteiger charge is -2.30. The predicted octanol–water partition coefficient (Wildman–Crippen LogP) is 6.93. The van der Waals surface area contributed by atoms with Crippen molar-refractivity contribution < 1.29 is 13.2 Å². The van der Waals surface area contributed by atoms with Gasteiger partial charge in [-0.25, -0.2) is 13.4 Å².